The van der Waals surface area contributed by atoms with Crippen LogP contribution in [0.5, 0.6) is 0 Å². The van der Waals surface area contributed by atoms with Gasteiger partial charge in [-0.2, -0.15) is 0 Å². The zero-order valence-corrected chi connectivity index (χ0v) is 7.94. The molecule has 0 atom stereocenters. The maximum Gasteiger partial charge on any atom is 0.244 e. The van der Waals surface area contributed by atoms with Gasteiger partial charge in [-0.1, -0.05) is 30.3 Å². The van der Waals surface area contributed by atoms with Gasteiger partial charge in [-0.25, -0.2) is 0 Å². The Kier molecular flexibility index (Phi) is 4.44. The molecule has 0 aliphatic rings. The Morgan fingerprint density at radius 1 is 1.36 bits per heavy atom. The molecule has 3 N–H and O–H groups in total. The molecular weight excluding hydrogens is 176 g/mol. The van der Waals surface area contributed by atoms with E-state index in [2.05, 4.69) is 5.32 Å². The second-order valence-electron chi connectivity index (χ2n) is 2.82. The van der Waals surface area contributed by atoms with Gasteiger partial charge in [0, 0.05) is 19.2 Å². The quantitative estimate of drug-likeness (QED) is 0.689. The van der Waals surface area contributed by atoms with Gasteiger partial charge < -0.3 is 11.1 Å². The van der Waals surface area contributed by atoms with E-state index >= 15 is 0 Å². The van der Waals surface area contributed by atoms with Crippen LogP contribution in [0.4, 0.5) is 0 Å². The summed E-state index contributed by atoms with van der Waals surface area (Å²) in [6, 6.07) is 9.67. The van der Waals surface area contributed by atoms with E-state index in [1.807, 2.05) is 30.3 Å². The summed E-state index contributed by atoms with van der Waals surface area (Å²) in [7, 11) is 0. The molecule has 0 aromatic heterocycles. The van der Waals surface area contributed by atoms with E-state index in [-0.39, 0.29) is 5.91 Å². The standard InChI is InChI=1S/C11H14N2O/c12-8-9-13-11(14)7-6-10-4-2-1-3-5-10/h1-7H,8-9,12H2,(H,13,14). The number of hydrogen-bond donors (Lipinski definition) is 2. The fourth-order valence-corrected chi connectivity index (χ4v) is 0.990. The molecule has 0 heterocycles. The minimum atomic E-state index is -0.112. The van der Waals surface area contributed by atoms with Crippen LogP contribution in [-0.4, -0.2) is 19.0 Å². The summed E-state index contributed by atoms with van der Waals surface area (Å²) in [6.45, 7) is 0.975. The molecule has 1 aromatic carbocycles. The van der Waals surface area contributed by atoms with Crippen molar-refractivity contribution in [3.63, 3.8) is 0 Å². The van der Waals surface area contributed by atoms with E-state index in [0.717, 1.165) is 5.56 Å². The van der Waals surface area contributed by atoms with Gasteiger partial charge in [-0.05, 0) is 11.6 Å². The van der Waals surface area contributed by atoms with E-state index in [4.69, 9.17) is 5.73 Å². The molecule has 0 spiro atoms. The Bertz CT molecular complexity index is 306. The van der Waals surface area contributed by atoms with Gasteiger partial charge in [-0.3, -0.25) is 4.79 Å². The first-order chi connectivity index (χ1) is 6.83. The Morgan fingerprint density at radius 2 is 2.07 bits per heavy atom. The van der Waals surface area contributed by atoms with Crippen LogP contribution < -0.4 is 11.1 Å². The molecule has 0 bridgehead atoms. The van der Waals surface area contributed by atoms with Crippen molar-refractivity contribution >= 4 is 12.0 Å². The molecule has 3 nitrogen and oxygen atoms in total. The molecule has 74 valence electrons. The predicted molar refractivity (Wildman–Crippen MR) is 57.5 cm³/mol. The number of carbonyl (C=O) groups is 1. The van der Waals surface area contributed by atoms with E-state index < -0.39 is 0 Å². The van der Waals surface area contributed by atoms with E-state index in [0.29, 0.717) is 13.1 Å². The maximum atomic E-state index is 11.1. The summed E-state index contributed by atoms with van der Waals surface area (Å²) in [5.74, 6) is -0.112. The first-order valence-corrected chi connectivity index (χ1v) is 4.54. The number of hydrogen-bond acceptors (Lipinski definition) is 2. The monoisotopic (exact) mass is 190 g/mol. The van der Waals surface area contributed by atoms with Crippen molar-refractivity contribution in [1.82, 2.24) is 5.32 Å². The zero-order valence-electron chi connectivity index (χ0n) is 7.94. The van der Waals surface area contributed by atoms with Crippen LogP contribution in [0, 0.1) is 0 Å². The minimum Gasteiger partial charge on any atom is -0.351 e. The fourth-order valence-electron chi connectivity index (χ4n) is 0.990. The van der Waals surface area contributed by atoms with Crippen molar-refractivity contribution in [1.29, 1.82) is 0 Å². The van der Waals surface area contributed by atoms with Crippen molar-refractivity contribution in [2.45, 2.75) is 0 Å². The Morgan fingerprint density at radius 3 is 2.71 bits per heavy atom. The van der Waals surface area contributed by atoms with Crippen molar-refractivity contribution in [2.24, 2.45) is 5.73 Å². The molecule has 0 fully saturated rings. The lowest BCUT2D eigenvalue weighted by atomic mass is 10.2. The topological polar surface area (TPSA) is 55.1 Å². The molecule has 0 radical (unpaired) electrons. The Balaban J connectivity index is 2.44. The predicted octanol–water partition coefficient (Wildman–Crippen LogP) is 0.775. The van der Waals surface area contributed by atoms with Crippen LogP contribution in [0.25, 0.3) is 6.08 Å². The summed E-state index contributed by atoms with van der Waals surface area (Å²) in [4.78, 5) is 11.1. The molecule has 1 rings (SSSR count). The normalized spacial score (nSPS) is 10.4. The van der Waals surface area contributed by atoms with Crippen molar-refractivity contribution in [3.8, 4) is 0 Å². The van der Waals surface area contributed by atoms with E-state index in [1.165, 1.54) is 6.08 Å². The van der Waals surface area contributed by atoms with E-state index in [9.17, 15) is 4.79 Å². The summed E-state index contributed by atoms with van der Waals surface area (Å²) in [5, 5.41) is 2.65. The summed E-state index contributed by atoms with van der Waals surface area (Å²) in [6.07, 6.45) is 3.27. The number of benzene rings is 1. The molecular formula is C11H14N2O. The Hall–Kier alpha value is -1.61. The third kappa shape index (κ3) is 3.87. The Labute approximate surface area is 83.6 Å². The highest BCUT2D eigenvalue weighted by Crippen LogP contribution is 2.00. The first-order valence-electron chi connectivity index (χ1n) is 4.54. The van der Waals surface area contributed by atoms with Gasteiger partial charge in [0.15, 0.2) is 0 Å². The summed E-state index contributed by atoms with van der Waals surface area (Å²) in [5.41, 5.74) is 6.25. The lowest BCUT2D eigenvalue weighted by Gasteiger charge is -1.97. The van der Waals surface area contributed by atoms with Crippen LogP contribution in [0.2, 0.25) is 0 Å². The van der Waals surface area contributed by atoms with Crippen molar-refractivity contribution in [2.75, 3.05) is 13.1 Å². The number of nitrogens with two attached hydrogens (primary N) is 1. The molecule has 0 saturated heterocycles. The highest BCUT2D eigenvalue weighted by Gasteiger charge is 1.91. The molecule has 0 unspecified atom stereocenters. The van der Waals surface area contributed by atoms with Gasteiger partial charge in [0.1, 0.15) is 0 Å². The molecule has 14 heavy (non-hydrogen) atoms. The van der Waals surface area contributed by atoms with Crippen LogP contribution in [-0.2, 0) is 4.79 Å². The largest absolute Gasteiger partial charge is 0.351 e. The number of rotatable bonds is 4. The second-order valence-corrected chi connectivity index (χ2v) is 2.82. The number of amides is 1. The van der Waals surface area contributed by atoms with Crippen LogP contribution in [0.3, 0.4) is 0 Å². The molecule has 1 amide bonds. The minimum absolute atomic E-state index is 0.112. The van der Waals surface area contributed by atoms with Crippen LogP contribution in [0.15, 0.2) is 36.4 Å². The molecule has 1 aromatic rings. The van der Waals surface area contributed by atoms with Crippen LogP contribution in [0.1, 0.15) is 5.56 Å². The molecule has 0 aliphatic heterocycles. The third-order valence-electron chi connectivity index (χ3n) is 1.67. The van der Waals surface area contributed by atoms with Gasteiger partial charge in [0.05, 0.1) is 0 Å². The van der Waals surface area contributed by atoms with E-state index in [1.54, 1.807) is 6.08 Å². The van der Waals surface area contributed by atoms with Gasteiger partial charge >= 0.3 is 0 Å². The average molecular weight is 190 g/mol. The molecule has 0 aliphatic carbocycles. The number of nitrogens with one attached hydrogen (secondary N) is 1. The highest BCUT2D eigenvalue weighted by atomic mass is 16.1. The van der Waals surface area contributed by atoms with Crippen molar-refractivity contribution < 1.29 is 4.79 Å². The van der Waals surface area contributed by atoms with Crippen LogP contribution >= 0.6 is 0 Å². The highest BCUT2D eigenvalue weighted by molar-refractivity contribution is 5.91. The first kappa shape index (κ1) is 10.5. The number of carbonyl (C=O) groups excluding carboxylic acids is 1. The average Bonchev–Trinajstić information content (AvgIpc) is 2.25. The fraction of sp³-hybridized carbons (Fsp3) is 0.182. The van der Waals surface area contributed by atoms with Gasteiger partial charge in [0.25, 0.3) is 0 Å². The smallest absolute Gasteiger partial charge is 0.244 e. The second kappa shape index (κ2) is 5.94. The maximum absolute atomic E-state index is 11.1. The SMILES string of the molecule is NCCNC(=O)C=Cc1ccccc1. The summed E-state index contributed by atoms with van der Waals surface area (Å²) < 4.78 is 0. The van der Waals surface area contributed by atoms with Gasteiger partial charge in [0.2, 0.25) is 5.91 Å². The van der Waals surface area contributed by atoms with Crippen molar-refractivity contribution in [3.05, 3.63) is 42.0 Å². The lowest BCUT2D eigenvalue weighted by Crippen LogP contribution is -2.27. The third-order valence-corrected chi connectivity index (χ3v) is 1.67. The molecule has 0 saturated carbocycles. The molecule has 3 heteroatoms. The summed E-state index contributed by atoms with van der Waals surface area (Å²) >= 11 is 0. The lowest BCUT2D eigenvalue weighted by molar-refractivity contribution is -0.116. The zero-order chi connectivity index (χ0) is 10.2. The van der Waals surface area contributed by atoms with Gasteiger partial charge in [-0.15, -0.1) is 0 Å².